The van der Waals surface area contributed by atoms with E-state index in [0.29, 0.717) is 12.2 Å². The molecule has 0 radical (unpaired) electrons. The number of aryl methyl sites for hydroxylation is 2. The zero-order valence-corrected chi connectivity index (χ0v) is 11.1. The number of nitrogens with one attached hydrogen (secondary N) is 1. The number of aromatic nitrogens is 1. The zero-order valence-electron chi connectivity index (χ0n) is 10.4. The summed E-state index contributed by atoms with van der Waals surface area (Å²) in [5.74, 6) is 0.200. The number of benzene rings is 1. The van der Waals surface area contributed by atoms with Crippen LogP contribution in [0.25, 0.3) is 0 Å². The molecule has 1 aromatic heterocycles. The number of nitrogens with zero attached hydrogens (tertiary/aromatic N) is 1. The van der Waals surface area contributed by atoms with Gasteiger partial charge >= 0.3 is 0 Å². The van der Waals surface area contributed by atoms with E-state index in [9.17, 15) is 5.11 Å². The topological polar surface area (TPSA) is 45.1 Å². The molecule has 3 nitrogen and oxygen atoms in total. The van der Waals surface area contributed by atoms with Gasteiger partial charge in [-0.05, 0) is 43.7 Å². The van der Waals surface area contributed by atoms with Crippen LogP contribution in [0.1, 0.15) is 17.0 Å². The highest BCUT2D eigenvalue weighted by molar-refractivity contribution is 6.31. The molecule has 4 heteroatoms. The van der Waals surface area contributed by atoms with Crippen LogP contribution in [-0.2, 0) is 6.54 Å². The van der Waals surface area contributed by atoms with Gasteiger partial charge in [-0.1, -0.05) is 17.7 Å². The molecule has 1 heterocycles. The van der Waals surface area contributed by atoms with Crippen molar-refractivity contribution in [2.75, 3.05) is 5.32 Å². The summed E-state index contributed by atoms with van der Waals surface area (Å²) in [5.41, 5.74) is 3.46. The van der Waals surface area contributed by atoms with Crippen molar-refractivity contribution in [3.63, 3.8) is 0 Å². The van der Waals surface area contributed by atoms with Gasteiger partial charge in [0, 0.05) is 16.4 Å². The molecule has 2 aromatic rings. The smallest absolute Gasteiger partial charge is 0.138 e. The van der Waals surface area contributed by atoms with Crippen molar-refractivity contribution in [2.24, 2.45) is 0 Å². The minimum Gasteiger partial charge on any atom is -0.506 e. The molecule has 18 heavy (non-hydrogen) atoms. The number of anilines is 1. The summed E-state index contributed by atoms with van der Waals surface area (Å²) in [5, 5.41) is 13.6. The maximum absolute atomic E-state index is 9.68. The molecule has 0 aliphatic carbocycles. The fraction of sp³-hybridized carbons (Fsp3) is 0.214. The normalized spacial score (nSPS) is 10.4. The Balaban J connectivity index is 2.11. The van der Waals surface area contributed by atoms with Crippen LogP contribution in [0.2, 0.25) is 5.02 Å². The van der Waals surface area contributed by atoms with E-state index in [1.165, 1.54) is 0 Å². The molecular formula is C14H15ClN2O. The predicted octanol–water partition coefficient (Wildman–Crippen LogP) is 3.67. The van der Waals surface area contributed by atoms with E-state index in [-0.39, 0.29) is 5.75 Å². The van der Waals surface area contributed by atoms with Gasteiger partial charge in [-0.15, -0.1) is 0 Å². The van der Waals surface area contributed by atoms with Gasteiger partial charge in [0.05, 0.1) is 6.54 Å². The standard InChI is InChI=1S/C14H15ClN2O/c1-9-3-5-11(7-12(9)15)16-8-13-14(18)6-4-10(2)17-13/h3-7,16,18H,8H2,1-2H3. The molecule has 0 saturated heterocycles. The highest BCUT2D eigenvalue weighted by Crippen LogP contribution is 2.21. The van der Waals surface area contributed by atoms with Gasteiger partial charge in [0.15, 0.2) is 0 Å². The summed E-state index contributed by atoms with van der Waals surface area (Å²) < 4.78 is 0. The van der Waals surface area contributed by atoms with Gasteiger partial charge in [-0.3, -0.25) is 4.98 Å². The van der Waals surface area contributed by atoms with E-state index in [0.717, 1.165) is 22.0 Å². The summed E-state index contributed by atoms with van der Waals surface area (Å²) in [7, 11) is 0. The Bertz CT molecular complexity index is 570. The fourth-order valence-electron chi connectivity index (χ4n) is 1.62. The van der Waals surface area contributed by atoms with Crippen molar-refractivity contribution in [1.82, 2.24) is 4.98 Å². The third-order valence-corrected chi connectivity index (χ3v) is 3.13. The lowest BCUT2D eigenvalue weighted by molar-refractivity contribution is 0.464. The van der Waals surface area contributed by atoms with Crippen LogP contribution < -0.4 is 5.32 Å². The molecule has 2 N–H and O–H groups in total. The first-order chi connectivity index (χ1) is 8.56. The van der Waals surface area contributed by atoms with E-state index in [1.807, 2.05) is 32.0 Å². The van der Waals surface area contributed by atoms with Gasteiger partial charge in [-0.2, -0.15) is 0 Å². The lowest BCUT2D eigenvalue weighted by Gasteiger charge is -2.09. The highest BCUT2D eigenvalue weighted by Gasteiger charge is 2.03. The van der Waals surface area contributed by atoms with Crippen molar-refractivity contribution in [3.05, 3.63) is 52.3 Å². The lowest BCUT2D eigenvalue weighted by Crippen LogP contribution is -2.03. The average molecular weight is 263 g/mol. The summed E-state index contributed by atoms with van der Waals surface area (Å²) in [6.07, 6.45) is 0. The molecule has 2 rings (SSSR count). The quantitative estimate of drug-likeness (QED) is 0.887. The summed E-state index contributed by atoms with van der Waals surface area (Å²) in [6, 6.07) is 9.20. The Labute approximate surface area is 111 Å². The molecule has 0 saturated carbocycles. The number of hydrogen-bond acceptors (Lipinski definition) is 3. The molecule has 0 atom stereocenters. The van der Waals surface area contributed by atoms with Crippen LogP contribution in [0, 0.1) is 13.8 Å². The molecule has 94 valence electrons. The minimum atomic E-state index is 0.200. The monoisotopic (exact) mass is 262 g/mol. The van der Waals surface area contributed by atoms with Crippen molar-refractivity contribution in [2.45, 2.75) is 20.4 Å². The third-order valence-electron chi connectivity index (χ3n) is 2.72. The van der Waals surface area contributed by atoms with Crippen LogP contribution in [0.3, 0.4) is 0 Å². The highest BCUT2D eigenvalue weighted by atomic mass is 35.5. The lowest BCUT2D eigenvalue weighted by atomic mass is 10.2. The molecule has 0 spiro atoms. The van der Waals surface area contributed by atoms with E-state index < -0.39 is 0 Å². The Morgan fingerprint density at radius 1 is 1.22 bits per heavy atom. The third kappa shape index (κ3) is 2.93. The van der Waals surface area contributed by atoms with E-state index >= 15 is 0 Å². The first-order valence-electron chi connectivity index (χ1n) is 5.72. The maximum Gasteiger partial charge on any atom is 0.138 e. The molecule has 0 unspecified atom stereocenters. The van der Waals surface area contributed by atoms with Crippen LogP contribution in [0.4, 0.5) is 5.69 Å². The van der Waals surface area contributed by atoms with Crippen molar-refractivity contribution < 1.29 is 5.11 Å². The van der Waals surface area contributed by atoms with Gasteiger partial charge in [0.1, 0.15) is 11.4 Å². The molecule has 0 amide bonds. The minimum absolute atomic E-state index is 0.200. The molecular weight excluding hydrogens is 248 g/mol. The summed E-state index contributed by atoms with van der Waals surface area (Å²) in [6.45, 7) is 4.32. The Kier molecular flexibility index (Phi) is 3.72. The molecule has 0 fully saturated rings. The molecule has 1 aromatic carbocycles. The van der Waals surface area contributed by atoms with Crippen LogP contribution in [0.5, 0.6) is 5.75 Å². The predicted molar refractivity (Wildman–Crippen MR) is 74.2 cm³/mol. The van der Waals surface area contributed by atoms with Gasteiger partial charge < -0.3 is 10.4 Å². The van der Waals surface area contributed by atoms with Crippen molar-refractivity contribution in [3.8, 4) is 5.75 Å². The van der Waals surface area contributed by atoms with Crippen LogP contribution >= 0.6 is 11.6 Å². The zero-order chi connectivity index (χ0) is 13.1. The van der Waals surface area contributed by atoms with E-state index in [1.54, 1.807) is 12.1 Å². The van der Waals surface area contributed by atoms with Gasteiger partial charge in [-0.25, -0.2) is 0 Å². The molecule has 0 bridgehead atoms. The second-order valence-corrected chi connectivity index (χ2v) is 4.64. The van der Waals surface area contributed by atoms with E-state index in [4.69, 9.17) is 11.6 Å². The SMILES string of the molecule is Cc1ccc(O)c(CNc2ccc(C)c(Cl)c2)n1. The average Bonchev–Trinajstić information content (AvgIpc) is 2.34. The van der Waals surface area contributed by atoms with Crippen molar-refractivity contribution >= 4 is 17.3 Å². The molecule has 0 aliphatic rings. The fourth-order valence-corrected chi connectivity index (χ4v) is 1.80. The Hall–Kier alpha value is -1.74. The van der Waals surface area contributed by atoms with Gasteiger partial charge in [0.2, 0.25) is 0 Å². The number of rotatable bonds is 3. The number of halogens is 1. The Morgan fingerprint density at radius 2 is 2.00 bits per heavy atom. The maximum atomic E-state index is 9.68. The van der Waals surface area contributed by atoms with Gasteiger partial charge in [0.25, 0.3) is 0 Å². The van der Waals surface area contributed by atoms with Crippen LogP contribution in [0.15, 0.2) is 30.3 Å². The first kappa shape index (κ1) is 12.7. The van der Waals surface area contributed by atoms with E-state index in [2.05, 4.69) is 10.3 Å². The first-order valence-corrected chi connectivity index (χ1v) is 6.09. The Morgan fingerprint density at radius 3 is 2.72 bits per heavy atom. The molecule has 0 aliphatic heterocycles. The number of aromatic hydroxyl groups is 1. The second-order valence-electron chi connectivity index (χ2n) is 4.24. The number of hydrogen-bond donors (Lipinski definition) is 2. The second kappa shape index (κ2) is 5.27. The number of pyridine rings is 1. The largest absolute Gasteiger partial charge is 0.506 e. The van der Waals surface area contributed by atoms with Crippen LogP contribution in [-0.4, -0.2) is 10.1 Å². The summed E-state index contributed by atoms with van der Waals surface area (Å²) in [4.78, 5) is 4.28. The van der Waals surface area contributed by atoms with Crippen molar-refractivity contribution in [1.29, 1.82) is 0 Å². The summed E-state index contributed by atoms with van der Waals surface area (Å²) >= 11 is 6.05.